The highest BCUT2D eigenvalue weighted by atomic mass is 15.4. The standard InChI is InChI=1S/C16H14N4/c1-3-7-13(8-4-1)11-15-16(18-20-19-17-15)12-14-9-5-2-6-10-14/h1-10H,11-12H2. The molecule has 0 radical (unpaired) electrons. The summed E-state index contributed by atoms with van der Waals surface area (Å²) >= 11 is 0. The predicted octanol–water partition coefficient (Wildman–Crippen LogP) is 2.45. The van der Waals surface area contributed by atoms with Gasteiger partial charge in [-0.1, -0.05) is 60.7 Å². The lowest BCUT2D eigenvalue weighted by molar-refractivity contribution is 0.699. The maximum atomic E-state index is 4.15. The maximum absolute atomic E-state index is 4.15. The first-order valence-electron chi connectivity index (χ1n) is 6.53. The van der Waals surface area contributed by atoms with E-state index in [1.807, 2.05) is 36.4 Å². The molecule has 0 fully saturated rings. The van der Waals surface area contributed by atoms with E-state index >= 15 is 0 Å². The molecule has 1 aromatic heterocycles. The lowest BCUT2D eigenvalue weighted by Crippen LogP contribution is -2.07. The van der Waals surface area contributed by atoms with E-state index in [9.17, 15) is 0 Å². The van der Waals surface area contributed by atoms with Gasteiger partial charge in [-0.2, -0.15) is 0 Å². The summed E-state index contributed by atoms with van der Waals surface area (Å²) < 4.78 is 0. The van der Waals surface area contributed by atoms with Crippen molar-refractivity contribution in [2.24, 2.45) is 0 Å². The summed E-state index contributed by atoms with van der Waals surface area (Å²) in [6.45, 7) is 0. The van der Waals surface area contributed by atoms with Gasteiger partial charge in [-0.15, -0.1) is 10.2 Å². The molecule has 0 unspecified atom stereocenters. The van der Waals surface area contributed by atoms with Crippen LogP contribution in [0.2, 0.25) is 0 Å². The fourth-order valence-corrected chi connectivity index (χ4v) is 2.12. The molecule has 0 atom stereocenters. The van der Waals surface area contributed by atoms with Crippen LogP contribution in [0.15, 0.2) is 60.7 Å². The first-order chi connectivity index (χ1) is 9.92. The second kappa shape index (κ2) is 6.02. The van der Waals surface area contributed by atoms with Gasteiger partial charge in [0.25, 0.3) is 0 Å². The van der Waals surface area contributed by atoms with Gasteiger partial charge in [0, 0.05) is 12.8 Å². The van der Waals surface area contributed by atoms with E-state index in [0.717, 1.165) is 24.2 Å². The molecule has 20 heavy (non-hydrogen) atoms. The highest BCUT2D eigenvalue weighted by Gasteiger charge is 2.08. The van der Waals surface area contributed by atoms with Crippen molar-refractivity contribution < 1.29 is 0 Å². The maximum Gasteiger partial charge on any atom is 0.0930 e. The summed E-state index contributed by atoms with van der Waals surface area (Å²) in [5.74, 6) is 0. The van der Waals surface area contributed by atoms with Crippen molar-refractivity contribution in [3.8, 4) is 0 Å². The van der Waals surface area contributed by atoms with E-state index in [2.05, 4.69) is 44.9 Å². The lowest BCUT2D eigenvalue weighted by atomic mass is 10.0. The molecular formula is C16H14N4. The van der Waals surface area contributed by atoms with Crippen LogP contribution in [0.5, 0.6) is 0 Å². The Morgan fingerprint density at radius 3 is 1.35 bits per heavy atom. The molecule has 2 aromatic carbocycles. The van der Waals surface area contributed by atoms with Crippen LogP contribution in [-0.2, 0) is 12.8 Å². The van der Waals surface area contributed by atoms with Gasteiger partial charge in [0.1, 0.15) is 0 Å². The van der Waals surface area contributed by atoms with Crippen molar-refractivity contribution in [2.45, 2.75) is 12.8 Å². The van der Waals surface area contributed by atoms with Crippen LogP contribution in [0.3, 0.4) is 0 Å². The third-order valence-electron chi connectivity index (χ3n) is 3.13. The smallest absolute Gasteiger partial charge is 0.0930 e. The molecule has 4 heteroatoms. The Morgan fingerprint density at radius 1 is 0.550 bits per heavy atom. The third kappa shape index (κ3) is 3.03. The number of hydrogen-bond acceptors (Lipinski definition) is 4. The number of hydrogen-bond donors (Lipinski definition) is 0. The molecule has 0 aliphatic carbocycles. The van der Waals surface area contributed by atoms with Gasteiger partial charge in [0.05, 0.1) is 11.4 Å². The minimum atomic E-state index is 0.728. The van der Waals surface area contributed by atoms with Gasteiger partial charge in [-0.3, -0.25) is 0 Å². The van der Waals surface area contributed by atoms with Crippen LogP contribution in [0, 0.1) is 0 Å². The minimum absolute atomic E-state index is 0.728. The van der Waals surface area contributed by atoms with Crippen molar-refractivity contribution in [2.75, 3.05) is 0 Å². The van der Waals surface area contributed by atoms with Gasteiger partial charge in [0.2, 0.25) is 0 Å². The Balaban J connectivity index is 1.85. The van der Waals surface area contributed by atoms with Gasteiger partial charge in [0.15, 0.2) is 0 Å². The van der Waals surface area contributed by atoms with Gasteiger partial charge in [-0.25, -0.2) is 0 Å². The molecule has 0 amide bonds. The lowest BCUT2D eigenvalue weighted by Gasteiger charge is -2.05. The topological polar surface area (TPSA) is 51.6 Å². The Kier molecular flexibility index (Phi) is 3.73. The van der Waals surface area contributed by atoms with Crippen LogP contribution in [-0.4, -0.2) is 20.6 Å². The van der Waals surface area contributed by atoms with Crippen molar-refractivity contribution >= 4 is 0 Å². The molecule has 98 valence electrons. The number of aromatic nitrogens is 4. The number of nitrogens with zero attached hydrogens (tertiary/aromatic N) is 4. The first-order valence-corrected chi connectivity index (χ1v) is 6.53. The monoisotopic (exact) mass is 262 g/mol. The predicted molar refractivity (Wildman–Crippen MR) is 76.1 cm³/mol. The Morgan fingerprint density at radius 2 is 0.950 bits per heavy atom. The second-order valence-corrected chi connectivity index (χ2v) is 4.60. The van der Waals surface area contributed by atoms with Gasteiger partial charge >= 0.3 is 0 Å². The summed E-state index contributed by atoms with van der Waals surface area (Å²) in [4.78, 5) is 0. The van der Waals surface area contributed by atoms with Crippen molar-refractivity contribution in [1.82, 2.24) is 20.6 Å². The fraction of sp³-hybridized carbons (Fsp3) is 0.125. The van der Waals surface area contributed by atoms with Crippen LogP contribution in [0.4, 0.5) is 0 Å². The Labute approximate surface area is 117 Å². The van der Waals surface area contributed by atoms with E-state index < -0.39 is 0 Å². The molecule has 0 spiro atoms. The van der Waals surface area contributed by atoms with E-state index in [0.29, 0.717) is 0 Å². The first kappa shape index (κ1) is 12.4. The number of benzene rings is 2. The van der Waals surface area contributed by atoms with Crippen LogP contribution >= 0.6 is 0 Å². The normalized spacial score (nSPS) is 10.4. The summed E-state index contributed by atoms with van der Waals surface area (Å²) in [5.41, 5.74) is 4.17. The van der Waals surface area contributed by atoms with Gasteiger partial charge in [-0.05, 0) is 21.6 Å². The molecule has 0 saturated heterocycles. The number of rotatable bonds is 4. The highest BCUT2D eigenvalue weighted by Crippen LogP contribution is 2.12. The zero-order valence-electron chi connectivity index (χ0n) is 11.0. The third-order valence-corrected chi connectivity index (χ3v) is 3.13. The minimum Gasteiger partial charge on any atom is -0.131 e. The highest BCUT2D eigenvalue weighted by molar-refractivity contribution is 5.27. The summed E-state index contributed by atoms with van der Waals surface area (Å²) in [6.07, 6.45) is 1.46. The molecular weight excluding hydrogens is 248 g/mol. The van der Waals surface area contributed by atoms with Crippen molar-refractivity contribution in [1.29, 1.82) is 0 Å². The molecule has 3 aromatic rings. The zero-order chi connectivity index (χ0) is 13.6. The average molecular weight is 262 g/mol. The average Bonchev–Trinajstić information content (AvgIpc) is 2.51. The molecule has 0 N–H and O–H groups in total. The fourth-order valence-electron chi connectivity index (χ4n) is 2.12. The molecule has 4 nitrogen and oxygen atoms in total. The molecule has 0 saturated carbocycles. The van der Waals surface area contributed by atoms with Crippen molar-refractivity contribution in [3.05, 3.63) is 83.2 Å². The largest absolute Gasteiger partial charge is 0.131 e. The Hall–Kier alpha value is -2.62. The van der Waals surface area contributed by atoms with E-state index in [1.54, 1.807) is 0 Å². The van der Waals surface area contributed by atoms with Crippen LogP contribution in [0.25, 0.3) is 0 Å². The molecule has 0 aliphatic heterocycles. The quantitative estimate of drug-likeness (QED) is 0.724. The van der Waals surface area contributed by atoms with E-state index in [4.69, 9.17) is 0 Å². The van der Waals surface area contributed by atoms with Crippen LogP contribution in [0.1, 0.15) is 22.5 Å². The molecule has 3 rings (SSSR count). The van der Waals surface area contributed by atoms with E-state index in [1.165, 1.54) is 11.1 Å². The van der Waals surface area contributed by atoms with E-state index in [-0.39, 0.29) is 0 Å². The Bertz CT molecular complexity index is 608. The summed E-state index contributed by atoms with van der Waals surface area (Å²) in [6, 6.07) is 20.4. The van der Waals surface area contributed by atoms with Crippen LogP contribution < -0.4 is 0 Å². The summed E-state index contributed by atoms with van der Waals surface area (Å²) in [7, 11) is 0. The molecule has 0 bridgehead atoms. The zero-order valence-corrected chi connectivity index (χ0v) is 11.0. The molecule has 0 aliphatic rings. The van der Waals surface area contributed by atoms with Gasteiger partial charge < -0.3 is 0 Å². The molecule has 1 heterocycles. The SMILES string of the molecule is c1ccc(Cc2nnnnc2Cc2ccccc2)cc1. The van der Waals surface area contributed by atoms with Crippen molar-refractivity contribution in [3.63, 3.8) is 0 Å². The second-order valence-electron chi connectivity index (χ2n) is 4.60. The summed E-state index contributed by atoms with van der Waals surface area (Å²) in [5, 5.41) is 15.6.